The number of morpholine rings is 1. The summed E-state index contributed by atoms with van der Waals surface area (Å²) in [5.41, 5.74) is 6.29. The number of hydrogen-bond acceptors (Lipinski definition) is 6. The molecule has 0 unspecified atom stereocenters. The van der Waals surface area contributed by atoms with Crippen molar-refractivity contribution in [2.24, 2.45) is 5.10 Å². The molecule has 0 spiro atoms. The highest BCUT2D eigenvalue weighted by atomic mass is 19.1. The van der Waals surface area contributed by atoms with Gasteiger partial charge in [-0.2, -0.15) is 10.2 Å². The molecule has 2 aliphatic rings. The van der Waals surface area contributed by atoms with Crippen LogP contribution in [0.4, 0.5) is 4.39 Å². The second-order valence-corrected chi connectivity index (χ2v) is 11.1. The summed E-state index contributed by atoms with van der Waals surface area (Å²) in [5, 5.41) is 13.7. The lowest BCUT2D eigenvalue weighted by atomic mass is 10.0. The van der Waals surface area contributed by atoms with E-state index in [0.717, 1.165) is 103 Å². The Morgan fingerprint density at radius 1 is 0.929 bits per heavy atom. The third-order valence-electron chi connectivity index (χ3n) is 8.16. The fraction of sp³-hybridized carbons (Fsp3) is 0.303. The van der Waals surface area contributed by atoms with Crippen molar-refractivity contribution in [3.05, 3.63) is 96.3 Å². The van der Waals surface area contributed by atoms with Crippen molar-refractivity contribution in [3.8, 4) is 11.1 Å². The average molecular weight is 564 g/mol. The maximum absolute atomic E-state index is 14.0. The quantitative estimate of drug-likeness (QED) is 0.276. The van der Waals surface area contributed by atoms with Gasteiger partial charge >= 0.3 is 0 Å². The molecule has 5 aromatic rings. The van der Waals surface area contributed by atoms with Crippen LogP contribution in [0.25, 0.3) is 32.9 Å². The molecule has 2 aliphatic heterocycles. The summed E-state index contributed by atoms with van der Waals surface area (Å²) < 4.78 is 23.5. The maximum atomic E-state index is 14.0. The van der Waals surface area contributed by atoms with E-state index in [4.69, 9.17) is 14.8 Å². The lowest BCUT2D eigenvalue weighted by Gasteiger charge is -2.26. The maximum Gasteiger partial charge on any atom is 0.156 e. The number of aromatic nitrogens is 4. The minimum atomic E-state index is -0.245. The van der Waals surface area contributed by atoms with E-state index in [9.17, 15) is 4.39 Å². The second-order valence-electron chi connectivity index (χ2n) is 11.1. The van der Waals surface area contributed by atoms with E-state index in [1.54, 1.807) is 6.07 Å². The van der Waals surface area contributed by atoms with Crippen molar-refractivity contribution in [2.75, 3.05) is 45.9 Å². The molecule has 1 fully saturated rings. The van der Waals surface area contributed by atoms with E-state index in [1.165, 1.54) is 11.6 Å². The lowest BCUT2D eigenvalue weighted by Crippen LogP contribution is -2.38. The number of ether oxygens (including phenoxy) is 1. The molecule has 0 radical (unpaired) electrons. The molecule has 0 bridgehead atoms. The first-order chi connectivity index (χ1) is 20.6. The van der Waals surface area contributed by atoms with Crippen molar-refractivity contribution in [1.29, 1.82) is 0 Å². The highest BCUT2D eigenvalue weighted by molar-refractivity contribution is 6.02. The Morgan fingerprint density at radius 3 is 2.74 bits per heavy atom. The molecule has 0 N–H and O–H groups in total. The van der Waals surface area contributed by atoms with Crippen LogP contribution in [0.1, 0.15) is 11.1 Å². The van der Waals surface area contributed by atoms with Crippen molar-refractivity contribution in [2.45, 2.75) is 19.9 Å². The van der Waals surface area contributed by atoms with Crippen LogP contribution in [0.2, 0.25) is 0 Å². The molecular formula is C33H34FN7O. The monoisotopic (exact) mass is 563 g/mol. The number of benzene rings is 2. The zero-order valence-electron chi connectivity index (χ0n) is 23.8. The van der Waals surface area contributed by atoms with Gasteiger partial charge in [0, 0.05) is 66.7 Å². The van der Waals surface area contributed by atoms with Crippen LogP contribution < -0.4 is 0 Å². The van der Waals surface area contributed by atoms with Gasteiger partial charge in [-0.25, -0.2) is 4.39 Å². The van der Waals surface area contributed by atoms with Crippen molar-refractivity contribution in [3.63, 3.8) is 0 Å². The lowest BCUT2D eigenvalue weighted by molar-refractivity contribution is 0.0360. The molecule has 1 saturated heterocycles. The van der Waals surface area contributed by atoms with E-state index in [2.05, 4.69) is 51.5 Å². The van der Waals surface area contributed by atoms with Crippen molar-refractivity contribution < 1.29 is 9.13 Å². The van der Waals surface area contributed by atoms with Gasteiger partial charge in [-0.05, 0) is 66.9 Å². The normalized spacial score (nSPS) is 16.0. The van der Waals surface area contributed by atoms with Gasteiger partial charge in [0.25, 0.3) is 0 Å². The molecule has 5 heterocycles. The predicted octanol–water partition coefficient (Wildman–Crippen LogP) is 5.11. The van der Waals surface area contributed by atoms with E-state index < -0.39 is 0 Å². The molecule has 0 saturated carbocycles. The largest absolute Gasteiger partial charge is 0.379 e. The number of aryl methyl sites for hydroxylation is 1. The molecular weight excluding hydrogens is 529 g/mol. The van der Waals surface area contributed by atoms with Crippen LogP contribution in [0.15, 0.2) is 84.5 Å². The molecule has 214 valence electrons. The van der Waals surface area contributed by atoms with E-state index in [1.807, 2.05) is 46.9 Å². The third kappa shape index (κ3) is 5.57. The molecule has 7 rings (SSSR count). The van der Waals surface area contributed by atoms with E-state index in [-0.39, 0.29) is 5.82 Å². The number of nitrogens with zero attached hydrogens (tertiary/aromatic N) is 7. The molecule has 0 aliphatic carbocycles. The Hall–Kier alpha value is -4.34. The number of halogens is 1. The Labute approximate surface area is 244 Å². The van der Waals surface area contributed by atoms with Crippen LogP contribution in [0, 0.1) is 12.7 Å². The molecule has 0 atom stereocenters. The van der Waals surface area contributed by atoms with Crippen LogP contribution in [-0.4, -0.2) is 81.0 Å². The van der Waals surface area contributed by atoms with Gasteiger partial charge in [0.2, 0.25) is 0 Å². The van der Waals surface area contributed by atoms with Crippen LogP contribution >= 0.6 is 0 Å². The van der Waals surface area contributed by atoms with Crippen molar-refractivity contribution in [1.82, 2.24) is 29.2 Å². The second kappa shape index (κ2) is 11.5. The first kappa shape index (κ1) is 26.6. The van der Waals surface area contributed by atoms with Crippen LogP contribution in [0.3, 0.4) is 0 Å². The molecule has 42 heavy (non-hydrogen) atoms. The third-order valence-corrected chi connectivity index (χ3v) is 8.16. The summed E-state index contributed by atoms with van der Waals surface area (Å²) in [7, 11) is 0. The SMILES string of the molecule is Cc1cn(C2=NN(CCc3ccc4ncc(-c5cnn(CCN6CCOCC6)c5)cc4c3)CC=C2)c2cc(F)ccc12. The average Bonchev–Trinajstić information content (AvgIpc) is 3.63. The van der Waals surface area contributed by atoms with Gasteiger partial charge in [-0.3, -0.25) is 24.1 Å². The zero-order valence-corrected chi connectivity index (χ0v) is 23.8. The first-order valence-electron chi connectivity index (χ1n) is 14.6. The first-order valence-corrected chi connectivity index (χ1v) is 14.6. The van der Waals surface area contributed by atoms with Crippen LogP contribution in [-0.2, 0) is 17.7 Å². The fourth-order valence-corrected chi connectivity index (χ4v) is 5.78. The summed E-state index contributed by atoms with van der Waals surface area (Å²) in [4.78, 5) is 7.14. The van der Waals surface area contributed by atoms with E-state index in [0.29, 0.717) is 0 Å². The Balaban J connectivity index is 1.04. The van der Waals surface area contributed by atoms with Crippen molar-refractivity contribution >= 4 is 27.6 Å². The van der Waals surface area contributed by atoms with Crippen LogP contribution in [0.5, 0.6) is 0 Å². The molecule has 3 aromatic heterocycles. The topological polar surface area (TPSA) is 63.7 Å². The Kier molecular flexibility index (Phi) is 7.27. The smallest absolute Gasteiger partial charge is 0.156 e. The number of fused-ring (bicyclic) bond motifs is 2. The minimum absolute atomic E-state index is 0.245. The number of hydrogen-bond donors (Lipinski definition) is 0. The zero-order chi connectivity index (χ0) is 28.5. The summed E-state index contributed by atoms with van der Waals surface area (Å²) in [6, 6.07) is 13.6. The standard InChI is InChI=1S/C33H34FN7O/c1-24-22-41(32-19-29(34)5-6-30(24)32)33-3-2-9-39(37-33)10-8-25-4-7-31-26(17-25)18-27(20-35-31)28-21-36-40(23-28)12-11-38-13-15-42-16-14-38/h2-7,17-23H,8-16H2,1H3. The molecule has 0 amide bonds. The molecule has 2 aromatic carbocycles. The number of rotatable bonds is 7. The van der Waals surface area contributed by atoms with Gasteiger partial charge in [0.05, 0.1) is 43.5 Å². The summed E-state index contributed by atoms with van der Waals surface area (Å²) >= 11 is 0. The highest BCUT2D eigenvalue weighted by Gasteiger charge is 2.15. The summed E-state index contributed by atoms with van der Waals surface area (Å²) in [6.07, 6.45) is 13.0. The highest BCUT2D eigenvalue weighted by Crippen LogP contribution is 2.25. The summed E-state index contributed by atoms with van der Waals surface area (Å²) in [5.74, 6) is 0.549. The summed E-state index contributed by atoms with van der Waals surface area (Å²) in [6.45, 7) is 8.98. The Morgan fingerprint density at radius 2 is 1.83 bits per heavy atom. The van der Waals surface area contributed by atoms with Gasteiger partial charge in [-0.15, -0.1) is 0 Å². The minimum Gasteiger partial charge on any atom is -0.379 e. The number of pyridine rings is 1. The number of hydrazone groups is 1. The van der Waals surface area contributed by atoms with Gasteiger partial charge in [-0.1, -0.05) is 12.1 Å². The Bertz CT molecular complexity index is 1800. The van der Waals surface area contributed by atoms with Gasteiger partial charge < -0.3 is 4.74 Å². The van der Waals surface area contributed by atoms with Gasteiger partial charge in [0.1, 0.15) is 5.82 Å². The molecule has 8 nitrogen and oxygen atoms in total. The predicted molar refractivity (Wildman–Crippen MR) is 164 cm³/mol. The van der Waals surface area contributed by atoms with Gasteiger partial charge in [0.15, 0.2) is 5.84 Å². The molecule has 9 heteroatoms. The fourth-order valence-electron chi connectivity index (χ4n) is 5.78. The number of allylic oxidation sites excluding steroid dienone is 1. The van der Waals surface area contributed by atoms with E-state index >= 15 is 0 Å².